The fourth-order valence-corrected chi connectivity index (χ4v) is 2.15. The molecule has 1 aromatic rings. The van der Waals surface area contributed by atoms with Crippen LogP contribution in [0, 0.1) is 11.3 Å². The molecule has 0 aliphatic rings. The van der Waals surface area contributed by atoms with E-state index < -0.39 is 0 Å². The van der Waals surface area contributed by atoms with Gasteiger partial charge in [-0.25, -0.2) is 0 Å². The fraction of sp³-hybridized carbons (Fsp3) is 0.462. The number of hydrogen-bond acceptors (Lipinski definition) is 2. The molecule has 1 atom stereocenters. The highest BCUT2D eigenvalue weighted by Gasteiger charge is 2.12. The lowest BCUT2D eigenvalue weighted by molar-refractivity contribution is 0.263. The summed E-state index contributed by atoms with van der Waals surface area (Å²) in [5.74, 6) is 0.270. The second kappa shape index (κ2) is 6.98. The van der Waals surface area contributed by atoms with Gasteiger partial charge in [-0.3, -0.25) is 10.3 Å². The maximum absolute atomic E-state index is 7.43. The minimum absolute atomic E-state index is 0.0519. The maximum atomic E-state index is 7.43. The van der Waals surface area contributed by atoms with E-state index in [1.165, 1.54) is 0 Å². The Bertz CT molecular complexity index is 421. The first-order valence-corrected chi connectivity index (χ1v) is 6.69. The van der Waals surface area contributed by atoms with Gasteiger partial charge in [0, 0.05) is 29.1 Å². The quantitative estimate of drug-likeness (QED) is 0.622. The number of halogens is 2. The van der Waals surface area contributed by atoms with E-state index in [9.17, 15) is 0 Å². The van der Waals surface area contributed by atoms with E-state index in [-0.39, 0.29) is 11.8 Å². The van der Waals surface area contributed by atoms with Crippen LogP contribution in [-0.4, -0.2) is 23.8 Å². The van der Waals surface area contributed by atoms with Gasteiger partial charge in [-0.05, 0) is 24.2 Å². The number of nitrogens with two attached hydrogens (primary N) is 1. The molecular formula is C13H19Cl2N3. The van der Waals surface area contributed by atoms with Crippen LogP contribution in [0.25, 0.3) is 0 Å². The third kappa shape index (κ3) is 4.48. The van der Waals surface area contributed by atoms with Gasteiger partial charge in [0.05, 0.1) is 5.84 Å². The molecule has 1 rings (SSSR count). The molecule has 0 fully saturated rings. The predicted molar refractivity (Wildman–Crippen MR) is 78.5 cm³/mol. The van der Waals surface area contributed by atoms with Crippen LogP contribution in [-0.2, 0) is 6.54 Å². The lowest BCUT2D eigenvalue weighted by Crippen LogP contribution is -2.34. The van der Waals surface area contributed by atoms with E-state index in [4.69, 9.17) is 34.3 Å². The Morgan fingerprint density at radius 2 is 2.11 bits per heavy atom. The summed E-state index contributed by atoms with van der Waals surface area (Å²) in [7, 11) is 0. The summed E-state index contributed by atoms with van der Waals surface area (Å²) in [4.78, 5) is 2.21. The van der Waals surface area contributed by atoms with E-state index in [1.54, 1.807) is 6.07 Å². The predicted octanol–water partition coefficient (Wildman–Crippen LogP) is 3.39. The third-order valence-corrected chi connectivity index (χ3v) is 3.51. The zero-order valence-electron chi connectivity index (χ0n) is 10.7. The zero-order chi connectivity index (χ0) is 13.7. The molecule has 0 aliphatic carbocycles. The van der Waals surface area contributed by atoms with Crippen LogP contribution >= 0.6 is 23.2 Å². The fourth-order valence-electron chi connectivity index (χ4n) is 1.68. The number of nitrogens with zero attached hydrogens (tertiary/aromatic N) is 1. The van der Waals surface area contributed by atoms with E-state index in [0.717, 1.165) is 25.2 Å². The van der Waals surface area contributed by atoms with Crippen molar-refractivity contribution in [2.24, 2.45) is 11.7 Å². The summed E-state index contributed by atoms with van der Waals surface area (Å²) in [5.41, 5.74) is 6.54. The molecule has 3 N–H and O–H groups in total. The first kappa shape index (κ1) is 15.3. The second-order valence-corrected chi connectivity index (χ2v) is 5.26. The molecule has 0 aromatic heterocycles. The van der Waals surface area contributed by atoms with Gasteiger partial charge in [0.15, 0.2) is 0 Å². The van der Waals surface area contributed by atoms with E-state index >= 15 is 0 Å². The monoisotopic (exact) mass is 287 g/mol. The largest absolute Gasteiger partial charge is 0.387 e. The standard InChI is InChI=1S/C13H19Cl2N3/c1-3-18(7-9(2)13(16)17)8-10-4-5-11(14)6-12(10)15/h4-6,9H,3,7-8H2,1-2H3,(H3,16,17). The van der Waals surface area contributed by atoms with Gasteiger partial charge in [-0.15, -0.1) is 0 Å². The Kier molecular flexibility index (Phi) is 5.93. The SMILES string of the molecule is CCN(Cc1ccc(Cl)cc1Cl)CC(C)C(=N)N. The van der Waals surface area contributed by atoms with Gasteiger partial charge >= 0.3 is 0 Å². The van der Waals surface area contributed by atoms with Crippen molar-refractivity contribution < 1.29 is 0 Å². The number of rotatable bonds is 6. The second-order valence-electron chi connectivity index (χ2n) is 4.42. The van der Waals surface area contributed by atoms with Crippen LogP contribution in [0.3, 0.4) is 0 Å². The van der Waals surface area contributed by atoms with E-state index in [1.807, 2.05) is 19.1 Å². The Labute approximate surface area is 118 Å². The van der Waals surface area contributed by atoms with Crippen molar-refractivity contribution in [2.75, 3.05) is 13.1 Å². The van der Waals surface area contributed by atoms with Crippen LogP contribution in [0.1, 0.15) is 19.4 Å². The van der Waals surface area contributed by atoms with Gasteiger partial charge in [0.1, 0.15) is 0 Å². The van der Waals surface area contributed by atoms with Gasteiger partial charge in [-0.2, -0.15) is 0 Å². The number of nitrogens with one attached hydrogen (secondary N) is 1. The minimum atomic E-state index is 0.0519. The van der Waals surface area contributed by atoms with Gasteiger partial charge in [-0.1, -0.05) is 43.1 Å². The van der Waals surface area contributed by atoms with E-state index in [2.05, 4.69) is 11.8 Å². The first-order chi connectivity index (χ1) is 8.43. The average molecular weight is 288 g/mol. The van der Waals surface area contributed by atoms with Crippen molar-refractivity contribution in [3.05, 3.63) is 33.8 Å². The van der Waals surface area contributed by atoms with Crippen molar-refractivity contribution in [2.45, 2.75) is 20.4 Å². The minimum Gasteiger partial charge on any atom is -0.387 e. The molecule has 0 radical (unpaired) electrons. The van der Waals surface area contributed by atoms with Crippen LogP contribution in [0.15, 0.2) is 18.2 Å². The Balaban J connectivity index is 2.70. The summed E-state index contributed by atoms with van der Waals surface area (Å²) < 4.78 is 0. The lowest BCUT2D eigenvalue weighted by Gasteiger charge is -2.24. The van der Waals surface area contributed by atoms with Crippen molar-refractivity contribution in [1.29, 1.82) is 5.41 Å². The molecule has 0 heterocycles. The first-order valence-electron chi connectivity index (χ1n) is 5.94. The molecule has 1 aromatic carbocycles. The highest BCUT2D eigenvalue weighted by molar-refractivity contribution is 6.35. The van der Waals surface area contributed by atoms with Crippen LogP contribution in [0.4, 0.5) is 0 Å². The van der Waals surface area contributed by atoms with Crippen LogP contribution < -0.4 is 5.73 Å². The van der Waals surface area contributed by atoms with Crippen LogP contribution in [0.2, 0.25) is 10.0 Å². The van der Waals surface area contributed by atoms with Crippen molar-refractivity contribution in [3.63, 3.8) is 0 Å². The van der Waals surface area contributed by atoms with Gasteiger partial charge < -0.3 is 5.73 Å². The Morgan fingerprint density at radius 1 is 1.44 bits per heavy atom. The Hall–Kier alpha value is -0.770. The van der Waals surface area contributed by atoms with Crippen molar-refractivity contribution >= 4 is 29.0 Å². The Morgan fingerprint density at radius 3 is 2.61 bits per heavy atom. The van der Waals surface area contributed by atoms with E-state index in [0.29, 0.717) is 10.0 Å². The molecule has 3 nitrogen and oxygen atoms in total. The molecule has 0 saturated heterocycles. The average Bonchev–Trinajstić information content (AvgIpc) is 2.31. The summed E-state index contributed by atoms with van der Waals surface area (Å²) in [6.07, 6.45) is 0. The third-order valence-electron chi connectivity index (χ3n) is 2.92. The molecule has 18 heavy (non-hydrogen) atoms. The smallest absolute Gasteiger partial charge is 0.0947 e. The van der Waals surface area contributed by atoms with Gasteiger partial charge in [0.2, 0.25) is 0 Å². The summed E-state index contributed by atoms with van der Waals surface area (Å²) in [6, 6.07) is 5.53. The topological polar surface area (TPSA) is 53.1 Å². The van der Waals surface area contributed by atoms with Crippen LogP contribution in [0.5, 0.6) is 0 Å². The van der Waals surface area contributed by atoms with Gasteiger partial charge in [0.25, 0.3) is 0 Å². The normalized spacial score (nSPS) is 12.7. The molecule has 0 spiro atoms. The molecule has 5 heteroatoms. The molecular weight excluding hydrogens is 269 g/mol. The number of benzene rings is 1. The summed E-state index contributed by atoms with van der Waals surface area (Å²) in [5, 5.41) is 8.75. The summed E-state index contributed by atoms with van der Waals surface area (Å²) in [6.45, 7) is 6.41. The molecule has 100 valence electrons. The zero-order valence-corrected chi connectivity index (χ0v) is 12.2. The van der Waals surface area contributed by atoms with Crippen molar-refractivity contribution in [3.8, 4) is 0 Å². The molecule has 0 aliphatic heterocycles. The highest BCUT2D eigenvalue weighted by Crippen LogP contribution is 2.22. The molecule has 0 amide bonds. The highest BCUT2D eigenvalue weighted by atomic mass is 35.5. The maximum Gasteiger partial charge on any atom is 0.0947 e. The van der Waals surface area contributed by atoms with Crippen molar-refractivity contribution in [1.82, 2.24) is 4.90 Å². The molecule has 0 bridgehead atoms. The number of amidine groups is 1. The molecule has 1 unspecified atom stereocenters. The number of hydrogen-bond donors (Lipinski definition) is 2. The lowest BCUT2D eigenvalue weighted by atomic mass is 10.1. The molecule has 0 saturated carbocycles. The summed E-state index contributed by atoms with van der Waals surface area (Å²) >= 11 is 12.0.